The first-order valence-corrected chi connectivity index (χ1v) is 6.22. The molecular weight excluding hydrogens is 254 g/mol. The van der Waals surface area contributed by atoms with Crippen molar-refractivity contribution >= 4 is 17.3 Å². The van der Waals surface area contributed by atoms with Crippen LogP contribution in [0.3, 0.4) is 0 Å². The predicted octanol–water partition coefficient (Wildman–Crippen LogP) is 1.27. The van der Waals surface area contributed by atoms with Crippen molar-refractivity contribution in [3.05, 3.63) is 59.2 Å². The summed E-state index contributed by atoms with van der Waals surface area (Å²) >= 11 is 0. The zero-order valence-corrected chi connectivity index (χ0v) is 11.0. The lowest BCUT2D eigenvalue weighted by Gasteiger charge is -2.09. The van der Waals surface area contributed by atoms with Crippen LogP contribution < -0.4 is 16.8 Å². The van der Waals surface area contributed by atoms with E-state index in [1.807, 2.05) is 24.3 Å². The molecule has 0 atom stereocenters. The van der Waals surface area contributed by atoms with Crippen LogP contribution in [0.15, 0.2) is 42.5 Å². The van der Waals surface area contributed by atoms with Crippen molar-refractivity contribution in [3.8, 4) is 0 Å². The van der Waals surface area contributed by atoms with E-state index in [0.29, 0.717) is 23.5 Å². The number of aliphatic hydroxyl groups excluding tert-OH is 1. The number of amides is 1. The Hall–Kier alpha value is -2.53. The van der Waals surface area contributed by atoms with Crippen molar-refractivity contribution in [1.29, 1.82) is 0 Å². The Balaban J connectivity index is 2.04. The van der Waals surface area contributed by atoms with Gasteiger partial charge in [0.15, 0.2) is 0 Å². The minimum Gasteiger partial charge on any atom is -0.399 e. The molecule has 2 aromatic carbocycles. The maximum absolute atomic E-state index is 12.0. The SMILES string of the molecule is Nc1ccc(C(=O)NCc2cccc(CO)c2)c(N)c1. The van der Waals surface area contributed by atoms with Crippen LogP contribution in [0.25, 0.3) is 0 Å². The number of anilines is 2. The van der Waals surface area contributed by atoms with Crippen LogP contribution in [-0.2, 0) is 13.2 Å². The normalized spacial score (nSPS) is 10.2. The van der Waals surface area contributed by atoms with Gasteiger partial charge in [0.1, 0.15) is 0 Å². The second kappa shape index (κ2) is 6.08. The molecule has 0 radical (unpaired) electrons. The van der Waals surface area contributed by atoms with Crippen LogP contribution in [0.4, 0.5) is 11.4 Å². The van der Waals surface area contributed by atoms with Gasteiger partial charge < -0.3 is 21.9 Å². The minimum atomic E-state index is -0.253. The van der Waals surface area contributed by atoms with E-state index in [0.717, 1.165) is 11.1 Å². The number of benzene rings is 2. The van der Waals surface area contributed by atoms with Crippen molar-refractivity contribution in [2.75, 3.05) is 11.5 Å². The lowest BCUT2D eigenvalue weighted by molar-refractivity contribution is 0.0952. The fourth-order valence-corrected chi connectivity index (χ4v) is 1.90. The number of nitrogen functional groups attached to an aromatic ring is 2. The van der Waals surface area contributed by atoms with Crippen molar-refractivity contribution in [2.45, 2.75) is 13.2 Å². The molecule has 20 heavy (non-hydrogen) atoms. The Morgan fingerprint density at radius 3 is 2.55 bits per heavy atom. The van der Waals surface area contributed by atoms with Crippen molar-refractivity contribution in [3.63, 3.8) is 0 Å². The number of aliphatic hydroxyl groups is 1. The molecule has 0 fully saturated rings. The third-order valence-corrected chi connectivity index (χ3v) is 2.95. The van der Waals surface area contributed by atoms with Gasteiger partial charge in [-0.2, -0.15) is 0 Å². The molecule has 0 heterocycles. The molecule has 2 rings (SSSR count). The zero-order valence-electron chi connectivity index (χ0n) is 11.0. The zero-order chi connectivity index (χ0) is 14.5. The first-order valence-electron chi connectivity index (χ1n) is 6.22. The maximum atomic E-state index is 12.0. The number of nitrogens with one attached hydrogen (secondary N) is 1. The Morgan fingerprint density at radius 1 is 1.10 bits per heavy atom. The van der Waals surface area contributed by atoms with Gasteiger partial charge in [0.2, 0.25) is 0 Å². The standard InChI is InChI=1S/C15H17N3O2/c16-12-4-5-13(14(17)7-12)15(20)18-8-10-2-1-3-11(6-10)9-19/h1-7,19H,8-9,16-17H2,(H,18,20). The van der Waals surface area contributed by atoms with Crippen molar-refractivity contribution in [1.82, 2.24) is 5.32 Å². The molecule has 0 aliphatic carbocycles. The number of carbonyl (C=O) groups is 1. The Bertz CT molecular complexity index is 626. The van der Waals surface area contributed by atoms with E-state index in [1.165, 1.54) is 0 Å². The van der Waals surface area contributed by atoms with Crippen LogP contribution in [-0.4, -0.2) is 11.0 Å². The van der Waals surface area contributed by atoms with Gasteiger partial charge in [-0.25, -0.2) is 0 Å². The molecule has 0 saturated heterocycles. The Kier molecular flexibility index (Phi) is 4.22. The average molecular weight is 271 g/mol. The van der Waals surface area contributed by atoms with E-state index in [1.54, 1.807) is 18.2 Å². The van der Waals surface area contributed by atoms with Gasteiger partial charge in [0.05, 0.1) is 12.2 Å². The molecular formula is C15H17N3O2. The summed E-state index contributed by atoms with van der Waals surface area (Å²) in [5.74, 6) is -0.253. The molecule has 104 valence electrons. The summed E-state index contributed by atoms with van der Waals surface area (Å²) in [6, 6.07) is 12.2. The number of nitrogens with two attached hydrogens (primary N) is 2. The van der Waals surface area contributed by atoms with E-state index in [-0.39, 0.29) is 12.5 Å². The third kappa shape index (κ3) is 3.27. The molecule has 0 aliphatic heterocycles. The maximum Gasteiger partial charge on any atom is 0.253 e. The van der Waals surface area contributed by atoms with E-state index < -0.39 is 0 Å². The molecule has 6 N–H and O–H groups in total. The van der Waals surface area contributed by atoms with Gasteiger partial charge in [0.25, 0.3) is 5.91 Å². The fraction of sp³-hybridized carbons (Fsp3) is 0.133. The summed E-state index contributed by atoms with van der Waals surface area (Å²) in [7, 11) is 0. The van der Waals surface area contributed by atoms with Crippen molar-refractivity contribution in [2.24, 2.45) is 0 Å². The monoisotopic (exact) mass is 271 g/mol. The van der Waals surface area contributed by atoms with Gasteiger partial charge in [-0.1, -0.05) is 24.3 Å². The van der Waals surface area contributed by atoms with Gasteiger partial charge in [-0.05, 0) is 29.3 Å². The van der Waals surface area contributed by atoms with Crippen LogP contribution in [0, 0.1) is 0 Å². The summed E-state index contributed by atoms with van der Waals surface area (Å²) < 4.78 is 0. The quantitative estimate of drug-likeness (QED) is 0.629. The highest BCUT2D eigenvalue weighted by Gasteiger charge is 2.09. The minimum absolute atomic E-state index is 0.0211. The number of hydrogen-bond acceptors (Lipinski definition) is 4. The first kappa shape index (κ1) is 13.9. The van der Waals surface area contributed by atoms with Crippen LogP contribution >= 0.6 is 0 Å². The summed E-state index contributed by atoms with van der Waals surface area (Å²) in [5.41, 5.74) is 14.4. The molecule has 2 aromatic rings. The molecule has 5 heteroatoms. The molecule has 0 aromatic heterocycles. The van der Waals surface area contributed by atoms with E-state index in [9.17, 15) is 4.79 Å². The van der Waals surface area contributed by atoms with Gasteiger partial charge in [-0.3, -0.25) is 4.79 Å². The molecule has 0 saturated carbocycles. The van der Waals surface area contributed by atoms with Gasteiger partial charge in [-0.15, -0.1) is 0 Å². The second-order valence-corrected chi connectivity index (χ2v) is 4.51. The second-order valence-electron chi connectivity index (χ2n) is 4.51. The van der Waals surface area contributed by atoms with Gasteiger partial charge >= 0.3 is 0 Å². The highest BCUT2D eigenvalue weighted by molar-refractivity contribution is 5.99. The van der Waals surface area contributed by atoms with E-state index in [2.05, 4.69) is 5.32 Å². The molecule has 0 unspecified atom stereocenters. The molecule has 5 nitrogen and oxygen atoms in total. The van der Waals surface area contributed by atoms with E-state index >= 15 is 0 Å². The molecule has 0 bridgehead atoms. The predicted molar refractivity (Wildman–Crippen MR) is 78.8 cm³/mol. The summed E-state index contributed by atoms with van der Waals surface area (Å²) in [4.78, 5) is 12.0. The number of rotatable bonds is 4. The van der Waals surface area contributed by atoms with E-state index in [4.69, 9.17) is 16.6 Å². The van der Waals surface area contributed by atoms with Crippen LogP contribution in [0.1, 0.15) is 21.5 Å². The van der Waals surface area contributed by atoms with Gasteiger partial charge in [0, 0.05) is 17.9 Å². The third-order valence-electron chi connectivity index (χ3n) is 2.95. The summed E-state index contributed by atoms with van der Waals surface area (Å²) in [6.45, 7) is 0.350. The highest BCUT2D eigenvalue weighted by Crippen LogP contribution is 2.15. The summed E-state index contributed by atoms with van der Waals surface area (Å²) in [6.07, 6.45) is 0. The van der Waals surface area contributed by atoms with Crippen LogP contribution in [0.2, 0.25) is 0 Å². The Labute approximate surface area is 117 Å². The molecule has 0 spiro atoms. The topological polar surface area (TPSA) is 101 Å². The highest BCUT2D eigenvalue weighted by atomic mass is 16.3. The first-order chi connectivity index (χ1) is 9.60. The molecule has 1 amide bonds. The number of hydrogen-bond donors (Lipinski definition) is 4. The lowest BCUT2D eigenvalue weighted by atomic mass is 10.1. The summed E-state index contributed by atoms with van der Waals surface area (Å²) in [5, 5.41) is 11.8. The van der Waals surface area contributed by atoms with Crippen molar-refractivity contribution < 1.29 is 9.90 Å². The smallest absolute Gasteiger partial charge is 0.253 e. The number of carbonyl (C=O) groups excluding carboxylic acids is 1. The fourth-order valence-electron chi connectivity index (χ4n) is 1.90. The van der Waals surface area contributed by atoms with Crippen LogP contribution in [0.5, 0.6) is 0 Å². The molecule has 0 aliphatic rings. The average Bonchev–Trinajstić information content (AvgIpc) is 2.45. The lowest BCUT2D eigenvalue weighted by Crippen LogP contribution is -2.23. The largest absolute Gasteiger partial charge is 0.399 e. The Morgan fingerprint density at radius 2 is 1.85 bits per heavy atom.